The molecule has 0 aromatic carbocycles. The van der Waals surface area contributed by atoms with Crippen LogP contribution in [-0.4, -0.2) is 5.78 Å². The van der Waals surface area contributed by atoms with Gasteiger partial charge in [-0.1, -0.05) is 6.07 Å². The fraction of sp³-hybridized carbons (Fsp3) is 0. The van der Waals surface area contributed by atoms with Crippen molar-refractivity contribution in [2.24, 2.45) is 0 Å². The molecule has 0 amide bonds. The van der Waals surface area contributed by atoms with Crippen molar-refractivity contribution in [1.82, 2.24) is 0 Å². The molecule has 1 aromatic rings. The summed E-state index contributed by atoms with van der Waals surface area (Å²) in [5.41, 5.74) is 0. The molecule has 11 heavy (non-hydrogen) atoms. The Morgan fingerprint density at radius 2 is 2.36 bits per heavy atom. The molecule has 0 aliphatic rings. The Bertz CT molecular complexity index is 241. The van der Waals surface area contributed by atoms with Gasteiger partial charge in [0.2, 0.25) is 0 Å². The molecule has 52 valence electrons. The number of hydrogen-bond donors (Lipinski definition) is 0. The first kappa shape index (κ1) is 10.9. The summed E-state index contributed by atoms with van der Waals surface area (Å²) in [6, 6.07) is 3.46. The zero-order valence-electron chi connectivity index (χ0n) is 6.11. The van der Waals surface area contributed by atoms with E-state index in [1.165, 1.54) is 11.3 Å². The van der Waals surface area contributed by atoms with Crippen LogP contribution in [0.15, 0.2) is 29.9 Å². The van der Waals surface area contributed by atoms with E-state index in [1.807, 2.05) is 0 Å². The van der Waals surface area contributed by atoms with Crippen LogP contribution in [0.3, 0.4) is 0 Å². The first-order valence-corrected chi connectivity index (χ1v) is 3.59. The normalized spacial score (nSPS) is 9.45. The van der Waals surface area contributed by atoms with Crippen molar-refractivity contribution in [3.63, 3.8) is 0 Å². The quantitative estimate of drug-likeness (QED) is 0.222. The number of rotatable bonds is 2. The molecular formula is C7H5NaO2S. The largest absolute Gasteiger partial charge is 1.00 e. The van der Waals surface area contributed by atoms with Crippen molar-refractivity contribution in [3.05, 3.63) is 34.7 Å². The van der Waals surface area contributed by atoms with E-state index in [0.717, 1.165) is 6.08 Å². The number of ketones is 1. The molecule has 2 nitrogen and oxygen atoms in total. The van der Waals surface area contributed by atoms with Gasteiger partial charge >= 0.3 is 29.6 Å². The summed E-state index contributed by atoms with van der Waals surface area (Å²) in [6.07, 6.45) is 1.52. The van der Waals surface area contributed by atoms with Gasteiger partial charge in [-0.2, -0.15) is 0 Å². The second-order valence-electron chi connectivity index (χ2n) is 1.64. The zero-order valence-corrected chi connectivity index (χ0v) is 8.93. The predicted octanol–water partition coefficient (Wildman–Crippen LogP) is -2.19. The molecule has 0 spiro atoms. The van der Waals surface area contributed by atoms with Gasteiger partial charge in [0.25, 0.3) is 0 Å². The zero-order chi connectivity index (χ0) is 7.40. The van der Waals surface area contributed by atoms with Crippen LogP contribution in [0.25, 0.3) is 0 Å². The van der Waals surface area contributed by atoms with E-state index in [-0.39, 0.29) is 35.3 Å². The first-order chi connectivity index (χ1) is 4.84. The number of allylic oxidation sites excluding steroid dienone is 1. The van der Waals surface area contributed by atoms with Crippen LogP contribution in [0.1, 0.15) is 9.67 Å². The number of thiophene rings is 1. The summed E-state index contributed by atoms with van der Waals surface area (Å²) in [4.78, 5) is 11.4. The molecular weight excluding hydrogens is 171 g/mol. The van der Waals surface area contributed by atoms with Gasteiger partial charge in [0, 0.05) is 0 Å². The average molecular weight is 176 g/mol. The molecule has 0 atom stereocenters. The van der Waals surface area contributed by atoms with Gasteiger partial charge in [-0.25, -0.2) is 0 Å². The van der Waals surface area contributed by atoms with E-state index < -0.39 is 0 Å². The Morgan fingerprint density at radius 3 is 2.82 bits per heavy atom. The van der Waals surface area contributed by atoms with Gasteiger partial charge in [-0.3, -0.25) is 4.79 Å². The van der Waals surface area contributed by atoms with Crippen LogP contribution in [0, 0.1) is 0 Å². The average Bonchev–Trinajstić information content (AvgIpc) is 2.38. The minimum atomic E-state index is -0.218. The van der Waals surface area contributed by atoms with Crippen LogP contribution in [-0.2, 0) is 0 Å². The molecule has 0 radical (unpaired) electrons. The molecule has 1 heterocycles. The number of hydrogen-bond acceptors (Lipinski definition) is 3. The SMILES string of the molecule is O=C(/C=C\[O-])c1cccs1.[Na+]. The Balaban J connectivity index is 0.000001000. The third-order valence-electron chi connectivity index (χ3n) is 0.983. The fourth-order valence-corrected chi connectivity index (χ4v) is 1.21. The van der Waals surface area contributed by atoms with E-state index >= 15 is 0 Å². The topological polar surface area (TPSA) is 40.1 Å². The van der Waals surface area contributed by atoms with Crippen molar-refractivity contribution in [1.29, 1.82) is 0 Å². The van der Waals surface area contributed by atoms with Gasteiger partial charge in [0.1, 0.15) is 0 Å². The standard InChI is InChI=1S/C7H6O2S.Na/c8-4-3-6(9)7-2-1-5-10-7;/h1-5,8H;/q;+1/p-1/b4-3-;. The fourth-order valence-electron chi connectivity index (χ4n) is 0.563. The smallest absolute Gasteiger partial charge is 0.878 e. The van der Waals surface area contributed by atoms with E-state index in [2.05, 4.69) is 0 Å². The van der Waals surface area contributed by atoms with E-state index in [9.17, 15) is 9.90 Å². The summed E-state index contributed by atoms with van der Waals surface area (Å²) in [7, 11) is 0. The van der Waals surface area contributed by atoms with Gasteiger partial charge in [-0.05, 0) is 17.5 Å². The van der Waals surface area contributed by atoms with Crippen LogP contribution >= 0.6 is 11.3 Å². The molecule has 1 aromatic heterocycles. The number of carbonyl (C=O) groups is 1. The van der Waals surface area contributed by atoms with Gasteiger partial charge in [0.05, 0.1) is 4.88 Å². The molecule has 0 bridgehead atoms. The molecule has 1 rings (SSSR count). The summed E-state index contributed by atoms with van der Waals surface area (Å²) in [5.74, 6) is -0.218. The summed E-state index contributed by atoms with van der Waals surface area (Å²) < 4.78 is 0. The van der Waals surface area contributed by atoms with Gasteiger partial charge in [0.15, 0.2) is 5.78 Å². The van der Waals surface area contributed by atoms with Crippen molar-refractivity contribution >= 4 is 17.1 Å². The van der Waals surface area contributed by atoms with Crippen molar-refractivity contribution in [3.8, 4) is 0 Å². The van der Waals surface area contributed by atoms with E-state index in [4.69, 9.17) is 0 Å². The van der Waals surface area contributed by atoms with Gasteiger partial charge in [-0.15, -0.1) is 17.6 Å². The molecule has 0 aliphatic carbocycles. The summed E-state index contributed by atoms with van der Waals surface area (Å²) >= 11 is 1.33. The first-order valence-electron chi connectivity index (χ1n) is 2.71. The predicted molar refractivity (Wildman–Crippen MR) is 37.8 cm³/mol. The molecule has 0 saturated heterocycles. The van der Waals surface area contributed by atoms with Crippen molar-refractivity contribution in [2.45, 2.75) is 0 Å². The maximum atomic E-state index is 10.8. The van der Waals surface area contributed by atoms with Crippen LogP contribution in [0.2, 0.25) is 0 Å². The Labute approximate surface area is 90.8 Å². The van der Waals surface area contributed by atoms with Crippen LogP contribution in [0.5, 0.6) is 0 Å². The van der Waals surface area contributed by atoms with E-state index in [0.29, 0.717) is 11.1 Å². The minimum absolute atomic E-state index is 0. The Kier molecular flexibility index (Phi) is 5.50. The molecule has 4 heteroatoms. The minimum Gasteiger partial charge on any atom is -0.878 e. The summed E-state index contributed by atoms with van der Waals surface area (Å²) in [5, 5.41) is 11.6. The third kappa shape index (κ3) is 3.20. The van der Waals surface area contributed by atoms with E-state index in [1.54, 1.807) is 17.5 Å². The van der Waals surface area contributed by atoms with Crippen LogP contribution in [0.4, 0.5) is 0 Å². The summed E-state index contributed by atoms with van der Waals surface area (Å²) in [6.45, 7) is 0. The van der Waals surface area contributed by atoms with Crippen molar-refractivity contribution < 1.29 is 39.5 Å². The third-order valence-corrected chi connectivity index (χ3v) is 1.87. The maximum Gasteiger partial charge on any atom is 1.00 e. The molecule has 0 unspecified atom stereocenters. The molecule has 0 aliphatic heterocycles. The van der Waals surface area contributed by atoms with Crippen molar-refractivity contribution in [2.75, 3.05) is 0 Å². The molecule has 0 fully saturated rings. The van der Waals surface area contributed by atoms with Gasteiger partial charge < -0.3 is 5.11 Å². The Morgan fingerprint density at radius 1 is 1.64 bits per heavy atom. The molecule has 0 N–H and O–H groups in total. The number of carbonyl (C=O) groups excluding carboxylic acids is 1. The molecule has 0 saturated carbocycles. The van der Waals surface area contributed by atoms with Crippen LogP contribution < -0.4 is 34.7 Å². The Hall–Kier alpha value is -0.0900. The monoisotopic (exact) mass is 176 g/mol. The second kappa shape index (κ2) is 5.55. The maximum absolute atomic E-state index is 10.8. The second-order valence-corrected chi connectivity index (χ2v) is 2.59.